The van der Waals surface area contributed by atoms with E-state index >= 15 is 0 Å². The van der Waals surface area contributed by atoms with E-state index in [9.17, 15) is 0 Å². The van der Waals surface area contributed by atoms with Gasteiger partial charge in [-0.05, 0) is 52.7 Å². The third-order valence-electron chi connectivity index (χ3n) is 5.33. The van der Waals surface area contributed by atoms with Crippen LogP contribution in [0.1, 0.15) is 32.1 Å². The highest BCUT2D eigenvalue weighted by Crippen LogP contribution is 2.31. The lowest BCUT2D eigenvalue weighted by Crippen LogP contribution is -2.47. The summed E-state index contributed by atoms with van der Waals surface area (Å²) < 4.78 is 5.73. The molecule has 0 aromatic heterocycles. The van der Waals surface area contributed by atoms with Crippen molar-refractivity contribution in [2.24, 2.45) is 5.41 Å². The molecule has 3 rings (SSSR count). The summed E-state index contributed by atoms with van der Waals surface area (Å²) in [5, 5.41) is 3.73. The summed E-state index contributed by atoms with van der Waals surface area (Å²) in [6.45, 7) is 6.69. The highest BCUT2D eigenvalue weighted by Gasteiger charge is 2.38. The fourth-order valence-electron chi connectivity index (χ4n) is 3.82. The third kappa shape index (κ3) is 3.73. The molecule has 1 N–H and O–H groups in total. The van der Waals surface area contributed by atoms with Crippen LogP contribution in [0.3, 0.4) is 0 Å². The monoisotopic (exact) mass is 281 g/mol. The Kier molecular flexibility index (Phi) is 4.65. The number of hydrogen-bond acceptors (Lipinski definition) is 4. The molecule has 2 unspecified atom stereocenters. The normalized spacial score (nSPS) is 35.2. The van der Waals surface area contributed by atoms with Gasteiger partial charge in [-0.1, -0.05) is 0 Å². The zero-order chi connectivity index (χ0) is 14.0. The molecule has 2 saturated heterocycles. The molecule has 0 bridgehead atoms. The molecule has 1 saturated carbocycles. The summed E-state index contributed by atoms with van der Waals surface area (Å²) in [4.78, 5) is 5.08. The van der Waals surface area contributed by atoms with Crippen LogP contribution in [0.2, 0.25) is 0 Å². The van der Waals surface area contributed by atoms with E-state index in [0.717, 1.165) is 31.8 Å². The van der Waals surface area contributed by atoms with Gasteiger partial charge in [0.05, 0.1) is 6.61 Å². The molecule has 2 atom stereocenters. The highest BCUT2D eigenvalue weighted by atomic mass is 16.5. The third-order valence-corrected chi connectivity index (χ3v) is 5.33. The SMILES string of the molecule is CN(CC1CCCN1C)CC1(CNC2CC2)CCOC1. The van der Waals surface area contributed by atoms with E-state index in [1.165, 1.54) is 51.7 Å². The number of nitrogens with one attached hydrogen (secondary N) is 1. The first-order chi connectivity index (χ1) is 9.67. The molecule has 20 heavy (non-hydrogen) atoms. The van der Waals surface area contributed by atoms with Gasteiger partial charge in [0, 0.05) is 43.7 Å². The van der Waals surface area contributed by atoms with Gasteiger partial charge in [-0.2, -0.15) is 0 Å². The second kappa shape index (κ2) is 6.30. The molecule has 0 amide bonds. The van der Waals surface area contributed by atoms with Gasteiger partial charge in [-0.25, -0.2) is 0 Å². The Bertz CT molecular complexity index is 313. The molecular formula is C16H31N3O. The predicted molar refractivity (Wildman–Crippen MR) is 82.0 cm³/mol. The van der Waals surface area contributed by atoms with E-state index in [0.29, 0.717) is 5.41 Å². The molecule has 2 aliphatic heterocycles. The summed E-state index contributed by atoms with van der Waals surface area (Å²) in [5.74, 6) is 0. The van der Waals surface area contributed by atoms with Gasteiger partial charge in [0.1, 0.15) is 0 Å². The van der Waals surface area contributed by atoms with Crippen LogP contribution in [0, 0.1) is 5.41 Å². The minimum atomic E-state index is 0.356. The van der Waals surface area contributed by atoms with Gasteiger partial charge in [-0.15, -0.1) is 0 Å². The number of rotatable bonds is 7. The van der Waals surface area contributed by atoms with Gasteiger partial charge in [0.2, 0.25) is 0 Å². The largest absolute Gasteiger partial charge is 0.381 e. The quantitative estimate of drug-likeness (QED) is 0.758. The van der Waals surface area contributed by atoms with E-state index < -0.39 is 0 Å². The van der Waals surface area contributed by atoms with Crippen LogP contribution in [-0.4, -0.2) is 75.4 Å². The van der Waals surface area contributed by atoms with Crippen molar-refractivity contribution >= 4 is 0 Å². The average Bonchev–Trinajstić information content (AvgIpc) is 3.02. The smallest absolute Gasteiger partial charge is 0.0547 e. The predicted octanol–water partition coefficient (Wildman–Crippen LogP) is 1.17. The summed E-state index contributed by atoms with van der Waals surface area (Å²) in [5.41, 5.74) is 0.356. The first kappa shape index (κ1) is 14.8. The molecule has 0 radical (unpaired) electrons. The van der Waals surface area contributed by atoms with E-state index in [2.05, 4.69) is 29.2 Å². The van der Waals surface area contributed by atoms with Crippen molar-refractivity contribution < 1.29 is 4.74 Å². The number of likely N-dealkylation sites (N-methyl/N-ethyl adjacent to an activating group) is 2. The van der Waals surface area contributed by atoms with Crippen molar-refractivity contribution in [2.45, 2.75) is 44.2 Å². The minimum absolute atomic E-state index is 0.356. The lowest BCUT2D eigenvalue weighted by Gasteiger charge is -2.34. The summed E-state index contributed by atoms with van der Waals surface area (Å²) >= 11 is 0. The first-order valence-corrected chi connectivity index (χ1v) is 8.37. The zero-order valence-corrected chi connectivity index (χ0v) is 13.2. The standard InChI is InChI=1S/C16H31N3O/c1-18(10-15-4-3-8-19(15)2)12-16(7-9-20-13-16)11-17-14-5-6-14/h14-15,17H,3-13H2,1-2H3. The maximum atomic E-state index is 5.73. The maximum absolute atomic E-state index is 5.73. The second-order valence-corrected chi connectivity index (χ2v) is 7.43. The molecule has 3 aliphatic rings. The van der Waals surface area contributed by atoms with Crippen molar-refractivity contribution in [3.8, 4) is 0 Å². The van der Waals surface area contributed by atoms with E-state index in [1.807, 2.05) is 0 Å². The van der Waals surface area contributed by atoms with E-state index in [-0.39, 0.29) is 0 Å². The van der Waals surface area contributed by atoms with Crippen molar-refractivity contribution in [3.05, 3.63) is 0 Å². The molecule has 3 fully saturated rings. The van der Waals surface area contributed by atoms with Crippen LogP contribution in [0.4, 0.5) is 0 Å². The van der Waals surface area contributed by atoms with Crippen molar-refractivity contribution in [3.63, 3.8) is 0 Å². The Morgan fingerprint density at radius 2 is 2.20 bits per heavy atom. The molecule has 4 heteroatoms. The van der Waals surface area contributed by atoms with Crippen LogP contribution >= 0.6 is 0 Å². The molecule has 0 aromatic carbocycles. The van der Waals surface area contributed by atoms with E-state index in [1.54, 1.807) is 0 Å². The Hall–Kier alpha value is -0.160. The number of nitrogens with zero attached hydrogens (tertiary/aromatic N) is 2. The van der Waals surface area contributed by atoms with Crippen LogP contribution in [-0.2, 0) is 4.74 Å². The summed E-state index contributed by atoms with van der Waals surface area (Å²) in [6, 6.07) is 1.56. The molecule has 0 aromatic rings. The van der Waals surface area contributed by atoms with Crippen LogP contribution in [0.15, 0.2) is 0 Å². The lowest BCUT2D eigenvalue weighted by molar-refractivity contribution is 0.108. The highest BCUT2D eigenvalue weighted by molar-refractivity contribution is 4.92. The lowest BCUT2D eigenvalue weighted by atomic mass is 9.86. The first-order valence-electron chi connectivity index (χ1n) is 8.37. The van der Waals surface area contributed by atoms with Crippen LogP contribution in [0.25, 0.3) is 0 Å². The maximum Gasteiger partial charge on any atom is 0.0547 e. The van der Waals surface area contributed by atoms with Crippen molar-refractivity contribution in [1.82, 2.24) is 15.1 Å². The Balaban J connectivity index is 1.49. The molecule has 0 spiro atoms. The summed E-state index contributed by atoms with van der Waals surface area (Å²) in [7, 11) is 4.57. The average molecular weight is 281 g/mol. The molecule has 116 valence electrons. The molecule has 1 aliphatic carbocycles. The summed E-state index contributed by atoms with van der Waals surface area (Å²) in [6.07, 6.45) is 6.70. The van der Waals surface area contributed by atoms with E-state index in [4.69, 9.17) is 4.74 Å². The van der Waals surface area contributed by atoms with Gasteiger partial charge < -0.3 is 19.9 Å². The van der Waals surface area contributed by atoms with Crippen LogP contribution < -0.4 is 5.32 Å². The Morgan fingerprint density at radius 1 is 1.35 bits per heavy atom. The number of likely N-dealkylation sites (tertiary alicyclic amines) is 1. The molecule has 4 nitrogen and oxygen atoms in total. The molecule has 2 heterocycles. The van der Waals surface area contributed by atoms with Crippen LogP contribution in [0.5, 0.6) is 0 Å². The van der Waals surface area contributed by atoms with Gasteiger partial charge in [0.25, 0.3) is 0 Å². The molecular weight excluding hydrogens is 250 g/mol. The Labute approximate surface area is 123 Å². The minimum Gasteiger partial charge on any atom is -0.381 e. The zero-order valence-electron chi connectivity index (χ0n) is 13.2. The fraction of sp³-hybridized carbons (Fsp3) is 1.00. The van der Waals surface area contributed by atoms with Crippen molar-refractivity contribution in [2.75, 3.05) is 53.5 Å². The second-order valence-electron chi connectivity index (χ2n) is 7.43. The van der Waals surface area contributed by atoms with Gasteiger partial charge in [0.15, 0.2) is 0 Å². The van der Waals surface area contributed by atoms with Gasteiger partial charge >= 0.3 is 0 Å². The number of hydrogen-bond donors (Lipinski definition) is 1. The Morgan fingerprint density at radius 3 is 2.80 bits per heavy atom. The fourth-order valence-corrected chi connectivity index (χ4v) is 3.82. The van der Waals surface area contributed by atoms with Crippen molar-refractivity contribution in [1.29, 1.82) is 0 Å². The topological polar surface area (TPSA) is 27.7 Å². The number of ether oxygens (including phenoxy) is 1. The van der Waals surface area contributed by atoms with Gasteiger partial charge in [-0.3, -0.25) is 0 Å².